The second-order valence-electron chi connectivity index (χ2n) is 8.23. The second kappa shape index (κ2) is 9.36. The Morgan fingerprint density at radius 2 is 1.72 bits per heavy atom. The van der Waals surface area contributed by atoms with Gasteiger partial charge in [0.1, 0.15) is 6.54 Å². The summed E-state index contributed by atoms with van der Waals surface area (Å²) in [6.45, 7) is 6.04. The first-order valence-corrected chi connectivity index (χ1v) is 10.8. The Balaban J connectivity index is 1.60. The fourth-order valence-electron chi connectivity index (χ4n) is 3.91. The molecule has 4 rings (SSSR count). The number of morpholine rings is 1. The standard InChI is InChI=1S/C25H27N3O4/c1-17(2)18-7-9-19(10-8-18)26-23(29)16-28-22-6-4-3-5-20(22)21(15-24(28)30)25(31)27-11-13-32-14-12-27/h3-10,15,17H,11-14,16H2,1-2H3,(H,26,29). The number of aromatic nitrogens is 1. The van der Waals surface area contributed by atoms with Gasteiger partial charge in [-0.05, 0) is 29.7 Å². The zero-order valence-electron chi connectivity index (χ0n) is 18.3. The molecule has 3 aromatic rings. The van der Waals surface area contributed by atoms with E-state index in [0.717, 1.165) is 0 Å². The van der Waals surface area contributed by atoms with E-state index in [1.165, 1.54) is 16.2 Å². The zero-order chi connectivity index (χ0) is 22.7. The second-order valence-corrected chi connectivity index (χ2v) is 8.23. The maximum absolute atomic E-state index is 13.1. The molecule has 0 spiro atoms. The van der Waals surface area contributed by atoms with Gasteiger partial charge in [0.05, 0.1) is 24.3 Å². The van der Waals surface area contributed by atoms with Gasteiger partial charge in [0.2, 0.25) is 5.91 Å². The number of anilines is 1. The lowest BCUT2D eigenvalue weighted by Crippen LogP contribution is -2.41. The van der Waals surface area contributed by atoms with E-state index in [-0.39, 0.29) is 23.9 Å². The molecule has 0 radical (unpaired) electrons. The van der Waals surface area contributed by atoms with Crippen molar-refractivity contribution in [1.82, 2.24) is 9.47 Å². The largest absolute Gasteiger partial charge is 0.378 e. The van der Waals surface area contributed by atoms with Crippen LogP contribution in [0.2, 0.25) is 0 Å². The molecule has 2 heterocycles. The van der Waals surface area contributed by atoms with Crippen molar-refractivity contribution in [2.75, 3.05) is 31.6 Å². The van der Waals surface area contributed by atoms with Crippen molar-refractivity contribution in [2.24, 2.45) is 0 Å². The highest BCUT2D eigenvalue weighted by molar-refractivity contribution is 6.06. The highest BCUT2D eigenvalue weighted by Crippen LogP contribution is 2.20. The van der Waals surface area contributed by atoms with Crippen LogP contribution in [0.25, 0.3) is 10.9 Å². The fourth-order valence-corrected chi connectivity index (χ4v) is 3.91. The molecule has 32 heavy (non-hydrogen) atoms. The lowest BCUT2D eigenvalue weighted by Gasteiger charge is -2.27. The quantitative estimate of drug-likeness (QED) is 0.670. The number of hydrogen-bond donors (Lipinski definition) is 1. The van der Waals surface area contributed by atoms with Crippen molar-refractivity contribution in [3.63, 3.8) is 0 Å². The van der Waals surface area contributed by atoms with Crippen molar-refractivity contribution in [3.05, 3.63) is 76.1 Å². The number of amides is 2. The normalized spacial score (nSPS) is 14.0. The molecule has 2 amide bonds. The molecular formula is C25H27N3O4. The molecule has 2 aromatic carbocycles. The number of benzene rings is 2. The van der Waals surface area contributed by atoms with Crippen LogP contribution in [-0.2, 0) is 16.1 Å². The van der Waals surface area contributed by atoms with Crippen LogP contribution in [-0.4, -0.2) is 47.6 Å². The van der Waals surface area contributed by atoms with Crippen LogP contribution >= 0.6 is 0 Å². The summed E-state index contributed by atoms with van der Waals surface area (Å²) < 4.78 is 6.73. The molecule has 166 valence electrons. The summed E-state index contributed by atoms with van der Waals surface area (Å²) >= 11 is 0. The summed E-state index contributed by atoms with van der Waals surface area (Å²) in [5.74, 6) is -0.0892. The van der Waals surface area contributed by atoms with E-state index in [4.69, 9.17) is 4.74 Å². The summed E-state index contributed by atoms with van der Waals surface area (Å²) in [6, 6.07) is 16.2. The van der Waals surface area contributed by atoms with Crippen LogP contribution in [0.3, 0.4) is 0 Å². The maximum atomic E-state index is 13.1. The Hall–Kier alpha value is -3.45. The Morgan fingerprint density at radius 3 is 2.41 bits per heavy atom. The van der Waals surface area contributed by atoms with Crippen LogP contribution in [0.5, 0.6) is 0 Å². The number of carbonyl (C=O) groups is 2. The Kier molecular flexibility index (Phi) is 6.37. The van der Waals surface area contributed by atoms with E-state index < -0.39 is 0 Å². The highest BCUT2D eigenvalue weighted by atomic mass is 16.5. The number of carbonyl (C=O) groups excluding carboxylic acids is 2. The first-order valence-electron chi connectivity index (χ1n) is 10.8. The molecular weight excluding hydrogens is 406 g/mol. The summed E-state index contributed by atoms with van der Waals surface area (Å²) in [7, 11) is 0. The summed E-state index contributed by atoms with van der Waals surface area (Å²) in [5, 5.41) is 3.50. The van der Waals surface area contributed by atoms with Crippen LogP contribution in [0.4, 0.5) is 5.69 Å². The molecule has 1 aliphatic heterocycles. The summed E-state index contributed by atoms with van der Waals surface area (Å²) in [5.41, 5.74) is 2.39. The highest BCUT2D eigenvalue weighted by Gasteiger charge is 2.22. The van der Waals surface area contributed by atoms with Crippen molar-refractivity contribution in [2.45, 2.75) is 26.3 Å². The van der Waals surface area contributed by atoms with Gasteiger partial charge in [0.25, 0.3) is 11.5 Å². The average molecular weight is 434 g/mol. The molecule has 0 bridgehead atoms. The topological polar surface area (TPSA) is 80.6 Å². The number of pyridine rings is 1. The van der Waals surface area contributed by atoms with Gasteiger partial charge >= 0.3 is 0 Å². The lowest BCUT2D eigenvalue weighted by atomic mass is 10.0. The maximum Gasteiger partial charge on any atom is 0.254 e. The van der Waals surface area contributed by atoms with E-state index in [1.54, 1.807) is 17.0 Å². The van der Waals surface area contributed by atoms with Crippen LogP contribution in [0.1, 0.15) is 35.7 Å². The van der Waals surface area contributed by atoms with Crippen LogP contribution in [0.15, 0.2) is 59.4 Å². The van der Waals surface area contributed by atoms with Gasteiger partial charge in [0, 0.05) is 30.2 Å². The van der Waals surface area contributed by atoms with Crippen molar-refractivity contribution < 1.29 is 14.3 Å². The smallest absolute Gasteiger partial charge is 0.254 e. The van der Waals surface area contributed by atoms with Crippen LogP contribution in [0, 0.1) is 0 Å². The van der Waals surface area contributed by atoms with Gasteiger partial charge in [-0.2, -0.15) is 0 Å². The van der Waals surface area contributed by atoms with Gasteiger partial charge in [-0.3, -0.25) is 19.0 Å². The van der Waals surface area contributed by atoms with Gasteiger partial charge in [-0.15, -0.1) is 0 Å². The minimum absolute atomic E-state index is 0.142. The molecule has 0 aliphatic carbocycles. The van der Waals surface area contributed by atoms with Crippen molar-refractivity contribution in [1.29, 1.82) is 0 Å². The van der Waals surface area contributed by atoms with Gasteiger partial charge in [0.15, 0.2) is 0 Å². The monoisotopic (exact) mass is 433 g/mol. The first kappa shape index (κ1) is 21.8. The Labute approximate surface area is 186 Å². The zero-order valence-corrected chi connectivity index (χ0v) is 18.3. The third kappa shape index (κ3) is 4.57. The molecule has 0 atom stereocenters. The molecule has 7 heteroatoms. The predicted molar refractivity (Wildman–Crippen MR) is 124 cm³/mol. The molecule has 0 saturated carbocycles. The van der Waals surface area contributed by atoms with Gasteiger partial charge in [-0.25, -0.2) is 0 Å². The number of ether oxygens (including phenoxy) is 1. The first-order chi connectivity index (χ1) is 15.4. The molecule has 1 aliphatic rings. The van der Waals surface area contributed by atoms with E-state index in [1.807, 2.05) is 36.4 Å². The van der Waals surface area contributed by atoms with E-state index in [9.17, 15) is 14.4 Å². The molecule has 0 unspecified atom stereocenters. The van der Waals surface area contributed by atoms with E-state index >= 15 is 0 Å². The van der Waals surface area contributed by atoms with E-state index in [0.29, 0.717) is 54.4 Å². The molecule has 1 aromatic heterocycles. The molecule has 1 saturated heterocycles. The minimum Gasteiger partial charge on any atom is -0.378 e. The number of fused-ring (bicyclic) bond motifs is 1. The molecule has 7 nitrogen and oxygen atoms in total. The third-order valence-electron chi connectivity index (χ3n) is 5.71. The Bertz CT molecular complexity index is 1190. The molecule has 1 fully saturated rings. The fraction of sp³-hybridized carbons (Fsp3) is 0.320. The number of hydrogen-bond acceptors (Lipinski definition) is 4. The predicted octanol–water partition coefficient (Wildman–Crippen LogP) is 3.24. The SMILES string of the molecule is CC(C)c1ccc(NC(=O)Cn2c(=O)cc(C(=O)N3CCOCC3)c3ccccc32)cc1. The van der Waals surface area contributed by atoms with E-state index in [2.05, 4.69) is 19.2 Å². The van der Waals surface area contributed by atoms with Crippen LogP contribution < -0.4 is 10.9 Å². The average Bonchev–Trinajstić information content (AvgIpc) is 2.81. The summed E-state index contributed by atoms with van der Waals surface area (Å²) in [4.78, 5) is 40.4. The third-order valence-corrected chi connectivity index (χ3v) is 5.71. The number of nitrogens with zero attached hydrogens (tertiary/aromatic N) is 2. The number of nitrogens with one attached hydrogen (secondary N) is 1. The molecule has 1 N–H and O–H groups in total. The number of para-hydroxylation sites is 1. The van der Waals surface area contributed by atoms with Gasteiger partial charge < -0.3 is 15.0 Å². The summed E-state index contributed by atoms with van der Waals surface area (Å²) in [6.07, 6.45) is 0. The number of rotatable bonds is 5. The Morgan fingerprint density at radius 1 is 1.03 bits per heavy atom. The van der Waals surface area contributed by atoms with Gasteiger partial charge in [-0.1, -0.05) is 44.2 Å². The van der Waals surface area contributed by atoms with Crippen molar-refractivity contribution >= 4 is 28.4 Å². The van der Waals surface area contributed by atoms with Crippen molar-refractivity contribution in [3.8, 4) is 0 Å². The lowest BCUT2D eigenvalue weighted by molar-refractivity contribution is -0.116. The minimum atomic E-state index is -0.384.